The highest BCUT2D eigenvalue weighted by molar-refractivity contribution is 6.32. The van der Waals surface area contributed by atoms with E-state index in [4.69, 9.17) is 21.1 Å². The summed E-state index contributed by atoms with van der Waals surface area (Å²) >= 11 is 6.35. The quantitative estimate of drug-likeness (QED) is 0.204. The van der Waals surface area contributed by atoms with Gasteiger partial charge >= 0.3 is 5.97 Å². The first-order chi connectivity index (χ1) is 18.6. The van der Waals surface area contributed by atoms with Crippen molar-refractivity contribution >= 4 is 28.5 Å². The number of alkyl halides is 1. The number of likely N-dealkylation sites (tertiary alicyclic amines) is 1. The van der Waals surface area contributed by atoms with Crippen LogP contribution in [0.4, 0.5) is 17.6 Å². The van der Waals surface area contributed by atoms with Gasteiger partial charge in [-0.1, -0.05) is 11.6 Å². The Morgan fingerprint density at radius 1 is 1.15 bits per heavy atom. The van der Waals surface area contributed by atoms with E-state index in [0.717, 1.165) is 12.1 Å². The summed E-state index contributed by atoms with van der Waals surface area (Å²) in [4.78, 5) is 18.0. The van der Waals surface area contributed by atoms with Crippen LogP contribution in [-0.4, -0.2) is 54.3 Å². The SMILES string of the molecule is COc1ccc2ncc(Cl)c(C(F)CCC3(CC(=O)O)CCN(CCOc4cc(F)c(F)c(F)c4)CC3)c2c1. The van der Waals surface area contributed by atoms with E-state index in [1.54, 1.807) is 18.2 Å². The van der Waals surface area contributed by atoms with Crippen LogP contribution < -0.4 is 9.47 Å². The number of hydrogen-bond acceptors (Lipinski definition) is 5. The number of carbonyl (C=O) groups is 1. The average Bonchev–Trinajstić information content (AvgIpc) is 2.90. The predicted molar refractivity (Wildman–Crippen MR) is 139 cm³/mol. The highest BCUT2D eigenvalue weighted by atomic mass is 35.5. The van der Waals surface area contributed by atoms with E-state index < -0.39 is 35.0 Å². The third-order valence-corrected chi connectivity index (χ3v) is 7.69. The van der Waals surface area contributed by atoms with Crippen LogP contribution >= 0.6 is 11.6 Å². The molecule has 6 nitrogen and oxygen atoms in total. The summed E-state index contributed by atoms with van der Waals surface area (Å²) in [5, 5.41) is 10.3. The van der Waals surface area contributed by atoms with Gasteiger partial charge in [-0.3, -0.25) is 14.7 Å². The van der Waals surface area contributed by atoms with Crippen molar-refractivity contribution in [3.63, 3.8) is 0 Å². The molecule has 1 aromatic heterocycles. The standard InChI is InChI=1S/C28H29ClF4N2O4/c1-38-17-2-3-24-19(12-17)26(20(29)16-34-24)21(30)4-5-28(15-25(36)37)6-8-35(9-7-28)10-11-39-18-13-22(31)27(33)23(32)14-18/h2-3,12-14,16,21H,4-11,15H2,1H3,(H,36,37). The fraction of sp³-hybridized carbons (Fsp3) is 0.429. The molecule has 210 valence electrons. The van der Waals surface area contributed by atoms with Crippen molar-refractivity contribution in [1.82, 2.24) is 9.88 Å². The van der Waals surface area contributed by atoms with Gasteiger partial charge in [-0.2, -0.15) is 0 Å². The molecule has 1 saturated heterocycles. The molecule has 4 rings (SSSR count). The van der Waals surface area contributed by atoms with Gasteiger partial charge in [0.05, 0.1) is 24.1 Å². The summed E-state index contributed by atoms with van der Waals surface area (Å²) in [6.45, 7) is 1.64. The first kappa shape index (κ1) is 28.9. The molecule has 3 aromatic rings. The topological polar surface area (TPSA) is 71.9 Å². The number of nitrogens with zero attached hydrogens (tertiary/aromatic N) is 2. The molecule has 0 radical (unpaired) electrons. The fourth-order valence-electron chi connectivity index (χ4n) is 5.19. The van der Waals surface area contributed by atoms with E-state index >= 15 is 4.39 Å². The number of piperidine rings is 1. The Bertz CT molecular complexity index is 1310. The van der Waals surface area contributed by atoms with E-state index in [-0.39, 0.29) is 30.2 Å². The Kier molecular flexibility index (Phi) is 9.17. The van der Waals surface area contributed by atoms with Crippen LogP contribution in [0.5, 0.6) is 11.5 Å². The van der Waals surface area contributed by atoms with Crippen LogP contribution in [0.15, 0.2) is 36.5 Å². The van der Waals surface area contributed by atoms with E-state index in [2.05, 4.69) is 4.98 Å². The van der Waals surface area contributed by atoms with Gasteiger partial charge < -0.3 is 14.6 Å². The maximum Gasteiger partial charge on any atom is 0.303 e. The van der Waals surface area contributed by atoms with Gasteiger partial charge in [0.15, 0.2) is 17.5 Å². The molecule has 0 spiro atoms. The zero-order valence-electron chi connectivity index (χ0n) is 21.4. The van der Waals surface area contributed by atoms with E-state index in [9.17, 15) is 23.1 Å². The van der Waals surface area contributed by atoms with Crippen molar-refractivity contribution in [2.75, 3.05) is 33.4 Å². The third kappa shape index (κ3) is 6.91. The van der Waals surface area contributed by atoms with Gasteiger partial charge in [-0.05, 0) is 62.4 Å². The van der Waals surface area contributed by atoms with Crippen LogP contribution in [-0.2, 0) is 4.79 Å². The smallest absolute Gasteiger partial charge is 0.303 e. The summed E-state index contributed by atoms with van der Waals surface area (Å²) in [5.41, 5.74) is 0.304. The van der Waals surface area contributed by atoms with Gasteiger partial charge in [0, 0.05) is 35.8 Å². The molecule has 0 aliphatic carbocycles. The normalized spacial score (nSPS) is 16.3. The molecule has 39 heavy (non-hydrogen) atoms. The molecule has 1 N–H and O–H groups in total. The van der Waals surface area contributed by atoms with E-state index in [0.29, 0.717) is 61.1 Å². The zero-order chi connectivity index (χ0) is 28.2. The molecule has 2 heterocycles. The molecular formula is C28H29ClF4N2O4. The second kappa shape index (κ2) is 12.4. The van der Waals surface area contributed by atoms with Gasteiger partial charge in [0.25, 0.3) is 0 Å². The number of fused-ring (bicyclic) bond motifs is 1. The summed E-state index contributed by atoms with van der Waals surface area (Å²) < 4.78 is 66.2. The number of rotatable bonds is 11. The minimum atomic E-state index is -1.55. The Hall–Kier alpha value is -3.11. The molecule has 1 aliphatic rings. The number of aromatic nitrogens is 1. The largest absolute Gasteiger partial charge is 0.497 e. The summed E-state index contributed by atoms with van der Waals surface area (Å²) in [6.07, 6.45) is 1.41. The van der Waals surface area contributed by atoms with Crippen LogP contribution in [0.25, 0.3) is 10.9 Å². The number of aliphatic carboxylic acids is 1. The van der Waals surface area contributed by atoms with Crippen molar-refractivity contribution in [2.45, 2.75) is 38.3 Å². The lowest BCUT2D eigenvalue weighted by Gasteiger charge is -2.41. The van der Waals surface area contributed by atoms with Crippen molar-refractivity contribution in [2.24, 2.45) is 5.41 Å². The molecule has 0 amide bonds. The number of ether oxygens (including phenoxy) is 2. The first-order valence-electron chi connectivity index (χ1n) is 12.6. The van der Waals surface area contributed by atoms with Crippen LogP contribution in [0.2, 0.25) is 5.02 Å². The van der Waals surface area contributed by atoms with Crippen LogP contribution in [0.1, 0.15) is 43.8 Å². The molecule has 1 fully saturated rings. The Labute approximate surface area is 228 Å². The molecule has 0 saturated carbocycles. The van der Waals surface area contributed by atoms with Crippen molar-refractivity contribution in [1.29, 1.82) is 0 Å². The molecule has 1 aliphatic heterocycles. The lowest BCUT2D eigenvalue weighted by Crippen LogP contribution is -2.42. The lowest BCUT2D eigenvalue weighted by atomic mass is 9.71. The second-order valence-electron chi connectivity index (χ2n) is 9.87. The van der Waals surface area contributed by atoms with Crippen molar-refractivity contribution in [3.8, 4) is 11.5 Å². The van der Waals surface area contributed by atoms with Crippen molar-refractivity contribution in [3.05, 3.63) is 64.6 Å². The van der Waals surface area contributed by atoms with Gasteiger partial charge in [-0.25, -0.2) is 17.6 Å². The zero-order valence-corrected chi connectivity index (χ0v) is 22.1. The number of methoxy groups -OCH3 is 1. The molecule has 1 atom stereocenters. The lowest BCUT2D eigenvalue weighted by molar-refractivity contribution is -0.141. The van der Waals surface area contributed by atoms with E-state index in [1.807, 2.05) is 4.90 Å². The molecule has 1 unspecified atom stereocenters. The van der Waals surface area contributed by atoms with E-state index in [1.165, 1.54) is 13.3 Å². The van der Waals surface area contributed by atoms with Gasteiger partial charge in [-0.15, -0.1) is 0 Å². The van der Waals surface area contributed by atoms with Gasteiger partial charge in [0.1, 0.15) is 24.3 Å². The Morgan fingerprint density at radius 2 is 1.85 bits per heavy atom. The van der Waals surface area contributed by atoms with Crippen LogP contribution in [0.3, 0.4) is 0 Å². The number of pyridine rings is 1. The number of halogens is 5. The fourth-order valence-corrected chi connectivity index (χ4v) is 5.45. The maximum atomic E-state index is 15.7. The molecular weight excluding hydrogens is 540 g/mol. The minimum Gasteiger partial charge on any atom is -0.497 e. The maximum absolute atomic E-state index is 15.7. The number of carboxylic acids is 1. The Balaban J connectivity index is 1.38. The average molecular weight is 569 g/mol. The first-order valence-corrected chi connectivity index (χ1v) is 13.0. The summed E-state index contributed by atoms with van der Waals surface area (Å²) in [5.74, 6) is -4.71. The third-order valence-electron chi connectivity index (χ3n) is 7.39. The molecule has 2 aromatic carbocycles. The summed E-state index contributed by atoms with van der Waals surface area (Å²) in [7, 11) is 1.52. The van der Waals surface area contributed by atoms with Gasteiger partial charge in [0.2, 0.25) is 0 Å². The monoisotopic (exact) mass is 568 g/mol. The number of hydrogen-bond donors (Lipinski definition) is 1. The molecule has 0 bridgehead atoms. The highest BCUT2D eigenvalue weighted by Gasteiger charge is 2.37. The van der Waals surface area contributed by atoms with Crippen LogP contribution in [0, 0.1) is 22.9 Å². The Morgan fingerprint density at radius 3 is 2.49 bits per heavy atom. The predicted octanol–water partition coefficient (Wildman–Crippen LogP) is 6.74. The minimum absolute atomic E-state index is 0.0865. The second-order valence-corrected chi connectivity index (χ2v) is 10.3. The number of benzene rings is 2. The van der Waals surface area contributed by atoms with Crippen molar-refractivity contribution < 1.29 is 36.9 Å². The molecule has 11 heteroatoms. The number of carboxylic acid groups (broad SMARTS) is 1. The highest BCUT2D eigenvalue weighted by Crippen LogP contribution is 2.44. The summed E-state index contributed by atoms with van der Waals surface area (Å²) in [6, 6.07) is 6.73.